The summed E-state index contributed by atoms with van der Waals surface area (Å²) in [5, 5.41) is 3.13. The standard InChI is InChI=1S/C22H25N3O2/c1-4-20(19-9-10-21(27-3)16(2)13-19)24-22(26)18-7-5-17(6-8-18)14-25-12-11-23-15-25/h5-13,15,20H,4,14H2,1-3H3,(H,24,26)/t20-/m1/s1. The van der Waals surface area contributed by atoms with E-state index < -0.39 is 0 Å². The van der Waals surface area contributed by atoms with Gasteiger partial charge < -0.3 is 14.6 Å². The number of methoxy groups -OCH3 is 1. The molecule has 5 nitrogen and oxygen atoms in total. The lowest BCUT2D eigenvalue weighted by atomic mass is 10.0. The van der Waals surface area contributed by atoms with Crippen LogP contribution in [0.1, 0.15) is 46.4 Å². The first kappa shape index (κ1) is 18.7. The maximum atomic E-state index is 12.7. The van der Waals surface area contributed by atoms with Crippen LogP contribution in [0.5, 0.6) is 5.75 Å². The normalized spacial score (nSPS) is 11.8. The highest BCUT2D eigenvalue weighted by atomic mass is 16.5. The summed E-state index contributed by atoms with van der Waals surface area (Å²) >= 11 is 0. The monoisotopic (exact) mass is 363 g/mol. The Balaban J connectivity index is 1.68. The molecule has 3 aromatic rings. The van der Waals surface area contributed by atoms with E-state index in [0.29, 0.717) is 5.56 Å². The van der Waals surface area contributed by atoms with Gasteiger partial charge in [-0.1, -0.05) is 31.2 Å². The summed E-state index contributed by atoms with van der Waals surface area (Å²) in [6.07, 6.45) is 6.27. The largest absolute Gasteiger partial charge is 0.496 e. The van der Waals surface area contributed by atoms with Gasteiger partial charge in [0.15, 0.2) is 0 Å². The molecular formula is C22H25N3O2. The molecule has 1 amide bonds. The molecule has 5 heteroatoms. The zero-order valence-corrected chi connectivity index (χ0v) is 16.0. The molecule has 1 aromatic heterocycles. The zero-order chi connectivity index (χ0) is 19.2. The highest BCUT2D eigenvalue weighted by Crippen LogP contribution is 2.24. The molecule has 0 saturated heterocycles. The minimum absolute atomic E-state index is 0.0345. The Morgan fingerprint density at radius 3 is 2.59 bits per heavy atom. The van der Waals surface area contributed by atoms with Crippen molar-refractivity contribution in [3.05, 3.63) is 83.4 Å². The van der Waals surface area contributed by atoms with Crippen LogP contribution in [0.15, 0.2) is 61.2 Å². The van der Waals surface area contributed by atoms with Crippen LogP contribution in [0.3, 0.4) is 0 Å². The number of amides is 1. The number of rotatable bonds is 7. The first-order chi connectivity index (χ1) is 13.1. The number of hydrogen-bond donors (Lipinski definition) is 1. The second kappa shape index (κ2) is 8.54. The lowest BCUT2D eigenvalue weighted by Crippen LogP contribution is -2.28. The quantitative estimate of drug-likeness (QED) is 0.687. The van der Waals surface area contributed by atoms with Gasteiger partial charge in [0.2, 0.25) is 0 Å². The summed E-state index contributed by atoms with van der Waals surface area (Å²) in [5.74, 6) is 0.790. The zero-order valence-electron chi connectivity index (χ0n) is 16.0. The number of hydrogen-bond acceptors (Lipinski definition) is 3. The predicted octanol–water partition coefficient (Wildman–Crippen LogP) is 4.13. The molecule has 2 aromatic carbocycles. The maximum Gasteiger partial charge on any atom is 0.251 e. The van der Waals surface area contributed by atoms with Crippen LogP contribution in [0.4, 0.5) is 0 Å². The molecule has 0 aliphatic carbocycles. The van der Waals surface area contributed by atoms with Crippen molar-refractivity contribution in [2.24, 2.45) is 0 Å². The summed E-state index contributed by atoms with van der Waals surface area (Å²) in [7, 11) is 1.66. The summed E-state index contributed by atoms with van der Waals surface area (Å²) in [6.45, 7) is 4.82. The number of nitrogens with zero attached hydrogens (tertiary/aromatic N) is 2. The fraction of sp³-hybridized carbons (Fsp3) is 0.273. The van der Waals surface area contributed by atoms with Crippen LogP contribution in [0, 0.1) is 6.92 Å². The molecule has 0 unspecified atom stereocenters. The highest BCUT2D eigenvalue weighted by molar-refractivity contribution is 5.94. The van der Waals surface area contributed by atoms with E-state index in [0.717, 1.165) is 35.4 Å². The van der Waals surface area contributed by atoms with Gasteiger partial charge in [0, 0.05) is 24.5 Å². The second-order valence-electron chi connectivity index (χ2n) is 6.60. The van der Waals surface area contributed by atoms with E-state index in [2.05, 4.69) is 23.3 Å². The third-order valence-corrected chi connectivity index (χ3v) is 4.68. The summed E-state index contributed by atoms with van der Waals surface area (Å²) < 4.78 is 7.31. The Morgan fingerprint density at radius 1 is 1.22 bits per heavy atom. The molecule has 0 aliphatic rings. The molecule has 0 spiro atoms. The molecule has 3 rings (SSSR count). The van der Waals surface area contributed by atoms with Crippen molar-refractivity contribution >= 4 is 5.91 Å². The Labute approximate surface area is 160 Å². The number of carbonyl (C=O) groups excluding carboxylic acids is 1. The van der Waals surface area contributed by atoms with Crippen LogP contribution in [-0.2, 0) is 6.54 Å². The van der Waals surface area contributed by atoms with Crippen LogP contribution >= 0.6 is 0 Å². The Bertz CT molecular complexity index is 886. The van der Waals surface area contributed by atoms with Gasteiger partial charge in [-0.3, -0.25) is 4.79 Å². The highest BCUT2D eigenvalue weighted by Gasteiger charge is 2.15. The van der Waals surface area contributed by atoms with Gasteiger partial charge in [-0.2, -0.15) is 0 Å². The molecule has 0 radical (unpaired) electrons. The third-order valence-electron chi connectivity index (χ3n) is 4.68. The average molecular weight is 363 g/mol. The Kier molecular flexibility index (Phi) is 5.91. The summed E-state index contributed by atoms with van der Waals surface area (Å²) in [4.78, 5) is 16.7. The van der Waals surface area contributed by atoms with Crippen molar-refractivity contribution in [3.8, 4) is 5.75 Å². The predicted molar refractivity (Wildman–Crippen MR) is 106 cm³/mol. The molecular weight excluding hydrogens is 338 g/mol. The van der Waals surface area contributed by atoms with E-state index >= 15 is 0 Å². The number of imidazole rings is 1. The van der Waals surface area contributed by atoms with Gasteiger partial charge in [0.1, 0.15) is 5.75 Å². The van der Waals surface area contributed by atoms with E-state index in [-0.39, 0.29) is 11.9 Å². The van der Waals surface area contributed by atoms with Crippen molar-refractivity contribution in [1.29, 1.82) is 0 Å². The first-order valence-corrected chi connectivity index (χ1v) is 9.10. The molecule has 1 heterocycles. The molecule has 0 aliphatic heterocycles. The van der Waals surface area contributed by atoms with E-state index in [1.807, 2.05) is 54.1 Å². The number of carbonyl (C=O) groups is 1. The van der Waals surface area contributed by atoms with E-state index in [4.69, 9.17) is 4.74 Å². The smallest absolute Gasteiger partial charge is 0.251 e. The molecule has 0 fully saturated rings. The van der Waals surface area contributed by atoms with Crippen molar-refractivity contribution in [2.75, 3.05) is 7.11 Å². The van der Waals surface area contributed by atoms with Crippen molar-refractivity contribution in [3.63, 3.8) is 0 Å². The van der Waals surface area contributed by atoms with Crippen molar-refractivity contribution < 1.29 is 9.53 Å². The minimum Gasteiger partial charge on any atom is -0.496 e. The van der Waals surface area contributed by atoms with Gasteiger partial charge in [0.25, 0.3) is 5.91 Å². The van der Waals surface area contributed by atoms with E-state index in [1.165, 1.54) is 0 Å². The number of aryl methyl sites for hydroxylation is 1. The molecule has 27 heavy (non-hydrogen) atoms. The van der Waals surface area contributed by atoms with E-state index in [9.17, 15) is 4.79 Å². The minimum atomic E-state index is -0.0653. The van der Waals surface area contributed by atoms with E-state index in [1.54, 1.807) is 19.6 Å². The van der Waals surface area contributed by atoms with Gasteiger partial charge in [0.05, 0.1) is 19.5 Å². The molecule has 0 bridgehead atoms. The van der Waals surface area contributed by atoms with Crippen LogP contribution < -0.4 is 10.1 Å². The average Bonchev–Trinajstić information content (AvgIpc) is 3.19. The number of ether oxygens (including phenoxy) is 1. The fourth-order valence-electron chi connectivity index (χ4n) is 3.13. The summed E-state index contributed by atoms with van der Waals surface area (Å²) in [6, 6.07) is 13.7. The molecule has 0 saturated carbocycles. The topological polar surface area (TPSA) is 56.2 Å². The van der Waals surface area contributed by atoms with Gasteiger partial charge in [-0.05, 0) is 48.2 Å². The third kappa shape index (κ3) is 4.56. The molecule has 1 atom stereocenters. The van der Waals surface area contributed by atoms with Crippen molar-refractivity contribution in [1.82, 2.24) is 14.9 Å². The maximum absolute atomic E-state index is 12.7. The van der Waals surface area contributed by atoms with Crippen LogP contribution in [0.25, 0.3) is 0 Å². The number of benzene rings is 2. The number of nitrogens with one attached hydrogen (secondary N) is 1. The first-order valence-electron chi connectivity index (χ1n) is 9.10. The van der Waals surface area contributed by atoms with Gasteiger partial charge >= 0.3 is 0 Å². The van der Waals surface area contributed by atoms with Crippen LogP contribution in [-0.4, -0.2) is 22.6 Å². The SMILES string of the molecule is CC[C@@H](NC(=O)c1ccc(Cn2ccnc2)cc1)c1ccc(OC)c(C)c1. The lowest BCUT2D eigenvalue weighted by Gasteiger charge is -2.19. The Hall–Kier alpha value is -3.08. The second-order valence-corrected chi connectivity index (χ2v) is 6.60. The van der Waals surface area contributed by atoms with Gasteiger partial charge in [-0.15, -0.1) is 0 Å². The fourth-order valence-corrected chi connectivity index (χ4v) is 3.13. The Morgan fingerprint density at radius 2 is 2.00 bits per heavy atom. The molecule has 140 valence electrons. The number of aromatic nitrogens is 2. The summed E-state index contributed by atoms with van der Waals surface area (Å²) in [5.41, 5.74) is 3.93. The van der Waals surface area contributed by atoms with Crippen LogP contribution in [0.2, 0.25) is 0 Å². The van der Waals surface area contributed by atoms with Gasteiger partial charge in [-0.25, -0.2) is 4.98 Å². The lowest BCUT2D eigenvalue weighted by molar-refractivity contribution is 0.0935. The van der Waals surface area contributed by atoms with Crippen molar-refractivity contribution in [2.45, 2.75) is 32.9 Å². The molecule has 1 N–H and O–H groups in total.